The van der Waals surface area contributed by atoms with Gasteiger partial charge in [0, 0.05) is 11.1 Å². The van der Waals surface area contributed by atoms with Crippen LogP contribution in [-0.2, 0) is 27.5 Å². The van der Waals surface area contributed by atoms with Crippen molar-refractivity contribution in [2.45, 2.75) is 24.5 Å². The lowest BCUT2D eigenvalue weighted by Gasteiger charge is -2.14. The minimum atomic E-state index is -4.95. The number of rotatable bonds is 6. The van der Waals surface area contributed by atoms with Crippen molar-refractivity contribution in [3.05, 3.63) is 53.7 Å². The zero-order valence-electron chi connectivity index (χ0n) is 16.8. The Bertz CT molecular complexity index is 1280. The second-order valence-electron chi connectivity index (χ2n) is 6.85. The molecule has 0 spiro atoms. The van der Waals surface area contributed by atoms with Crippen LogP contribution in [0, 0.1) is 6.92 Å². The van der Waals surface area contributed by atoms with E-state index in [1.165, 1.54) is 37.4 Å². The third-order valence-corrected chi connectivity index (χ3v) is 5.57. The van der Waals surface area contributed by atoms with Crippen LogP contribution in [0.1, 0.15) is 11.3 Å². The van der Waals surface area contributed by atoms with Gasteiger partial charge in [-0.15, -0.1) is 0 Å². The Balaban J connectivity index is 2.34. The van der Waals surface area contributed by atoms with Crippen molar-refractivity contribution < 1.29 is 36.2 Å². The minimum absolute atomic E-state index is 0.116. The Morgan fingerprint density at radius 2 is 1.75 bits per heavy atom. The van der Waals surface area contributed by atoms with Gasteiger partial charge in [0.25, 0.3) is 0 Å². The summed E-state index contributed by atoms with van der Waals surface area (Å²) in [6.07, 6.45) is -4.95. The van der Waals surface area contributed by atoms with Crippen molar-refractivity contribution in [1.29, 1.82) is 0 Å². The molecule has 3 rings (SSSR count). The highest BCUT2D eigenvalue weighted by Gasteiger charge is 2.40. The van der Waals surface area contributed by atoms with Gasteiger partial charge in [-0.2, -0.15) is 18.3 Å². The van der Waals surface area contributed by atoms with Gasteiger partial charge in [-0.3, -0.25) is 4.68 Å². The molecule has 1 aromatic heterocycles. The van der Waals surface area contributed by atoms with Crippen molar-refractivity contribution in [3.63, 3.8) is 0 Å². The number of carbonyl (C=O) groups is 1. The number of sulfonamides is 1. The average molecular weight is 468 g/mol. The number of methoxy groups -OCH3 is 1. The van der Waals surface area contributed by atoms with E-state index in [9.17, 15) is 31.5 Å². The molecular formula is C20H17F3N3O5S-. The molecule has 170 valence electrons. The molecule has 2 aromatic carbocycles. The molecule has 0 radical (unpaired) electrons. The van der Waals surface area contributed by atoms with E-state index in [1.807, 2.05) is 0 Å². The number of nitrogens with two attached hydrogens (primary N) is 1. The summed E-state index contributed by atoms with van der Waals surface area (Å²) in [5.41, 5.74) is -1.05. The molecule has 0 fully saturated rings. The second kappa shape index (κ2) is 8.28. The first-order valence-electron chi connectivity index (χ1n) is 8.99. The third-order valence-electron chi connectivity index (χ3n) is 4.64. The van der Waals surface area contributed by atoms with Gasteiger partial charge in [0.1, 0.15) is 11.4 Å². The van der Waals surface area contributed by atoms with Crippen molar-refractivity contribution >= 4 is 16.0 Å². The highest BCUT2D eigenvalue weighted by Crippen LogP contribution is 2.43. The number of halogens is 3. The predicted molar refractivity (Wildman–Crippen MR) is 106 cm³/mol. The average Bonchev–Trinajstić information content (AvgIpc) is 3.06. The Morgan fingerprint density at radius 3 is 2.22 bits per heavy atom. The standard InChI is InChI=1S/C20H18F3N3O5S/c1-11-9-13(5-8-15(11)31-2)17-18(12-3-6-14(7-4-12)32(24,29)30)25-26(10-16(27)28)19(17)20(21,22)23/h3-9H,10H2,1-2H3,(H,27,28)(H2,24,29,30)/p-1. The number of aromatic nitrogens is 2. The molecule has 0 saturated carbocycles. The van der Waals surface area contributed by atoms with E-state index in [2.05, 4.69) is 5.10 Å². The van der Waals surface area contributed by atoms with Gasteiger partial charge < -0.3 is 14.6 Å². The molecule has 2 N–H and O–H groups in total. The van der Waals surface area contributed by atoms with Crippen molar-refractivity contribution in [3.8, 4) is 28.1 Å². The van der Waals surface area contributed by atoms with Gasteiger partial charge in [-0.1, -0.05) is 18.2 Å². The van der Waals surface area contributed by atoms with Gasteiger partial charge in [-0.05, 0) is 42.3 Å². The number of hydrogen-bond donors (Lipinski definition) is 1. The van der Waals surface area contributed by atoms with E-state index in [0.717, 1.165) is 12.1 Å². The lowest BCUT2D eigenvalue weighted by Crippen LogP contribution is -2.30. The number of primary sulfonamides is 1. The van der Waals surface area contributed by atoms with Crippen LogP contribution < -0.4 is 15.0 Å². The van der Waals surface area contributed by atoms with Crippen molar-refractivity contribution in [2.24, 2.45) is 5.14 Å². The lowest BCUT2D eigenvalue weighted by molar-refractivity contribution is -0.306. The van der Waals surface area contributed by atoms with Crippen LogP contribution in [-0.4, -0.2) is 31.3 Å². The molecule has 0 aliphatic rings. The summed E-state index contributed by atoms with van der Waals surface area (Å²) < 4.78 is 70.6. The first-order chi connectivity index (χ1) is 14.8. The van der Waals surface area contributed by atoms with Crippen LogP contribution in [0.2, 0.25) is 0 Å². The fraction of sp³-hybridized carbons (Fsp3) is 0.200. The first kappa shape index (κ1) is 23.3. The molecule has 0 saturated heterocycles. The van der Waals surface area contributed by atoms with E-state index in [4.69, 9.17) is 9.88 Å². The van der Waals surface area contributed by atoms with Gasteiger partial charge in [0.15, 0.2) is 5.69 Å². The van der Waals surface area contributed by atoms with Gasteiger partial charge in [0.05, 0.1) is 24.5 Å². The van der Waals surface area contributed by atoms with Crippen LogP contribution in [0.15, 0.2) is 47.4 Å². The number of nitrogens with zero attached hydrogens (tertiary/aromatic N) is 2. The van der Waals surface area contributed by atoms with Crippen molar-refractivity contribution in [1.82, 2.24) is 9.78 Å². The highest BCUT2D eigenvalue weighted by atomic mass is 32.2. The quantitative estimate of drug-likeness (QED) is 0.589. The number of carbonyl (C=O) groups excluding carboxylic acids is 1. The van der Waals surface area contributed by atoms with Crippen LogP contribution in [0.5, 0.6) is 5.75 Å². The molecule has 0 bridgehead atoms. The number of carboxylic acid groups (broad SMARTS) is 1. The Labute approximate surface area is 181 Å². The fourth-order valence-electron chi connectivity index (χ4n) is 3.30. The summed E-state index contributed by atoms with van der Waals surface area (Å²) in [6, 6.07) is 9.06. The van der Waals surface area contributed by atoms with Crippen LogP contribution in [0.3, 0.4) is 0 Å². The summed E-state index contributed by atoms with van der Waals surface area (Å²) in [5, 5.41) is 20.1. The summed E-state index contributed by atoms with van der Waals surface area (Å²) in [6.45, 7) is 0.508. The Morgan fingerprint density at radius 1 is 1.16 bits per heavy atom. The Hall–Kier alpha value is -3.38. The molecule has 32 heavy (non-hydrogen) atoms. The topological polar surface area (TPSA) is 127 Å². The zero-order valence-corrected chi connectivity index (χ0v) is 17.6. The largest absolute Gasteiger partial charge is 0.548 e. The van der Waals surface area contributed by atoms with Gasteiger partial charge >= 0.3 is 6.18 Å². The van der Waals surface area contributed by atoms with Crippen molar-refractivity contribution in [2.75, 3.05) is 7.11 Å². The number of carboxylic acids is 1. The van der Waals surface area contributed by atoms with E-state index in [-0.39, 0.29) is 27.3 Å². The van der Waals surface area contributed by atoms with Crippen LogP contribution in [0.25, 0.3) is 22.4 Å². The number of benzene rings is 2. The number of aliphatic carboxylic acids is 1. The molecule has 3 aromatic rings. The summed E-state index contributed by atoms with van der Waals surface area (Å²) in [4.78, 5) is 10.9. The maximum atomic E-state index is 14.0. The number of aryl methyl sites for hydroxylation is 1. The van der Waals surface area contributed by atoms with Gasteiger partial charge in [0.2, 0.25) is 10.0 Å². The SMILES string of the molecule is COc1ccc(-c2c(-c3ccc(S(N)(=O)=O)cc3)nn(CC(=O)[O-])c2C(F)(F)F)cc1C. The van der Waals surface area contributed by atoms with Gasteiger partial charge in [-0.25, -0.2) is 13.6 Å². The first-order valence-corrected chi connectivity index (χ1v) is 10.5. The van der Waals surface area contributed by atoms with E-state index < -0.39 is 34.4 Å². The molecule has 0 unspecified atom stereocenters. The number of alkyl halides is 3. The zero-order chi connectivity index (χ0) is 23.8. The molecule has 0 amide bonds. The van der Waals surface area contributed by atoms with E-state index in [0.29, 0.717) is 16.0 Å². The second-order valence-corrected chi connectivity index (χ2v) is 8.41. The highest BCUT2D eigenvalue weighted by molar-refractivity contribution is 7.89. The Kier molecular flexibility index (Phi) is 6.03. The number of hydrogen-bond acceptors (Lipinski definition) is 6. The summed E-state index contributed by atoms with van der Waals surface area (Å²) >= 11 is 0. The molecule has 8 nitrogen and oxygen atoms in total. The molecule has 0 aliphatic heterocycles. The minimum Gasteiger partial charge on any atom is -0.548 e. The summed E-state index contributed by atoms with van der Waals surface area (Å²) in [5.74, 6) is -1.31. The summed E-state index contributed by atoms with van der Waals surface area (Å²) in [7, 11) is -2.61. The number of ether oxygens (including phenoxy) is 1. The fourth-order valence-corrected chi connectivity index (χ4v) is 3.81. The lowest BCUT2D eigenvalue weighted by atomic mass is 9.97. The molecule has 0 atom stereocenters. The molecule has 0 aliphatic carbocycles. The molecule has 1 heterocycles. The molecular weight excluding hydrogens is 451 g/mol. The third kappa shape index (κ3) is 4.60. The monoisotopic (exact) mass is 468 g/mol. The van der Waals surface area contributed by atoms with E-state index >= 15 is 0 Å². The maximum absolute atomic E-state index is 14.0. The normalized spacial score (nSPS) is 12.1. The predicted octanol–water partition coefficient (Wildman–Crippen LogP) is 1.95. The van der Waals surface area contributed by atoms with Crippen LogP contribution >= 0.6 is 0 Å². The smallest absolute Gasteiger partial charge is 0.433 e. The molecule has 12 heteroatoms. The van der Waals surface area contributed by atoms with Crippen LogP contribution in [0.4, 0.5) is 13.2 Å². The maximum Gasteiger partial charge on any atom is 0.433 e. The van der Waals surface area contributed by atoms with E-state index in [1.54, 1.807) is 6.92 Å².